The summed E-state index contributed by atoms with van der Waals surface area (Å²) in [7, 11) is 1.76. The zero-order valence-corrected chi connectivity index (χ0v) is 13.6. The first-order chi connectivity index (χ1) is 10.7. The smallest absolute Gasteiger partial charge is 0.239 e. The van der Waals surface area contributed by atoms with Crippen LogP contribution in [0.3, 0.4) is 0 Å². The molecule has 0 bridgehead atoms. The van der Waals surface area contributed by atoms with Gasteiger partial charge in [0.2, 0.25) is 5.91 Å². The molecule has 0 aromatic carbocycles. The summed E-state index contributed by atoms with van der Waals surface area (Å²) in [5.41, 5.74) is 0. The van der Waals surface area contributed by atoms with Crippen LogP contribution in [0.5, 0.6) is 0 Å². The molecule has 3 rings (SSSR count). The van der Waals surface area contributed by atoms with Crippen LogP contribution in [-0.2, 0) is 4.79 Å². The number of carbonyl (C=O) groups is 1. The molecule has 124 valence electrons. The second-order valence-electron chi connectivity index (χ2n) is 6.83. The molecule has 1 heterocycles. The van der Waals surface area contributed by atoms with E-state index >= 15 is 0 Å². The van der Waals surface area contributed by atoms with Crippen molar-refractivity contribution in [1.29, 1.82) is 0 Å². The first kappa shape index (κ1) is 15.6. The highest BCUT2D eigenvalue weighted by atomic mass is 16.2. The van der Waals surface area contributed by atoms with Crippen molar-refractivity contribution in [2.75, 3.05) is 26.7 Å². The van der Waals surface area contributed by atoms with Crippen molar-refractivity contribution in [3.05, 3.63) is 0 Å². The summed E-state index contributed by atoms with van der Waals surface area (Å²) in [5, 5.41) is 9.56. The highest BCUT2D eigenvalue weighted by Crippen LogP contribution is 2.26. The van der Waals surface area contributed by atoms with Gasteiger partial charge in [0.1, 0.15) is 0 Å². The van der Waals surface area contributed by atoms with Crippen LogP contribution in [0.4, 0.5) is 0 Å². The Labute approximate surface area is 133 Å². The van der Waals surface area contributed by atoms with Crippen LogP contribution in [-0.4, -0.2) is 61.6 Å². The van der Waals surface area contributed by atoms with E-state index in [1.54, 1.807) is 7.05 Å². The van der Waals surface area contributed by atoms with Crippen LogP contribution in [0.1, 0.15) is 44.9 Å². The normalized spacial score (nSPS) is 27.1. The third-order valence-electron chi connectivity index (χ3n) is 4.98. The fraction of sp³-hybridized carbons (Fsp3) is 0.875. The molecule has 0 aromatic rings. The molecule has 1 amide bonds. The molecule has 3 N–H and O–H groups in total. The number of nitrogens with zero attached hydrogens (tertiary/aromatic N) is 2. The molecule has 0 spiro atoms. The SMILES string of the molecule is CN=C(NCC(=O)NC1CC1)NC1CCN(C2CCCC2)C1. The van der Waals surface area contributed by atoms with Gasteiger partial charge in [0.05, 0.1) is 6.54 Å². The minimum atomic E-state index is 0.0597. The number of amides is 1. The topological polar surface area (TPSA) is 68.8 Å². The van der Waals surface area contributed by atoms with Crippen molar-refractivity contribution in [3.8, 4) is 0 Å². The number of rotatable bonds is 5. The van der Waals surface area contributed by atoms with Crippen molar-refractivity contribution >= 4 is 11.9 Å². The third kappa shape index (κ3) is 4.35. The Kier molecular flexibility index (Phi) is 5.18. The summed E-state index contributed by atoms with van der Waals surface area (Å²) in [5.74, 6) is 0.800. The Morgan fingerprint density at radius 1 is 1.09 bits per heavy atom. The summed E-state index contributed by atoms with van der Waals surface area (Å²) < 4.78 is 0. The monoisotopic (exact) mass is 307 g/mol. The lowest BCUT2D eigenvalue weighted by atomic mass is 10.2. The average Bonchev–Trinajstić information content (AvgIpc) is 3.01. The minimum Gasteiger partial charge on any atom is -0.352 e. The van der Waals surface area contributed by atoms with Gasteiger partial charge in [-0.25, -0.2) is 0 Å². The van der Waals surface area contributed by atoms with Crippen LogP contribution < -0.4 is 16.0 Å². The van der Waals surface area contributed by atoms with Crippen molar-refractivity contribution in [2.24, 2.45) is 4.99 Å². The van der Waals surface area contributed by atoms with E-state index in [-0.39, 0.29) is 5.91 Å². The number of likely N-dealkylation sites (tertiary alicyclic amines) is 1. The van der Waals surface area contributed by atoms with Gasteiger partial charge in [-0.2, -0.15) is 0 Å². The molecular formula is C16H29N5O. The zero-order valence-electron chi connectivity index (χ0n) is 13.6. The van der Waals surface area contributed by atoms with E-state index in [4.69, 9.17) is 0 Å². The minimum absolute atomic E-state index is 0.0597. The molecule has 3 aliphatic rings. The average molecular weight is 307 g/mol. The quantitative estimate of drug-likeness (QED) is 0.509. The van der Waals surface area contributed by atoms with E-state index in [0.29, 0.717) is 18.6 Å². The van der Waals surface area contributed by atoms with Crippen LogP contribution in [0.25, 0.3) is 0 Å². The standard InChI is InChI=1S/C16H29N5O/c1-17-16(18-10-15(22)19-12-6-7-12)20-13-8-9-21(11-13)14-4-2-3-5-14/h12-14H,2-11H2,1H3,(H,19,22)(H2,17,18,20). The summed E-state index contributed by atoms with van der Waals surface area (Å²) >= 11 is 0. The Morgan fingerprint density at radius 3 is 2.55 bits per heavy atom. The first-order valence-corrected chi connectivity index (χ1v) is 8.75. The fourth-order valence-electron chi connectivity index (χ4n) is 3.56. The summed E-state index contributed by atoms with van der Waals surface area (Å²) in [6.07, 6.45) is 8.90. The van der Waals surface area contributed by atoms with E-state index in [1.165, 1.54) is 32.2 Å². The van der Waals surface area contributed by atoms with Crippen LogP contribution in [0.2, 0.25) is 0 Å². The summed E-state index contributed by atoms with van der Waals surface area (Å²) in [6, 6.07) is 1.66. The van der Waals surface area contributed by atoms with Crippen molar-refractivity contribution in [3.63, 3.8) is 0 Å². The van der Waals surface area contributed by atoms with Gasteiger partial charge in [0, 0.05) is 38.3 Å². The number of carbonyl (C=O) groups excluding carboxylic acids is 1. The van der Waals surface area contributed by atoms with Crippen LogP contribution in [0, 0.1) is 0 Å². The molecule has 0 aromatic heterocycles. The molecule has 2 aliphatic carbocycles. The van der Waals surface area contributed by atoms with E-state index in [9.17, 15) is 4.79 Å². The maximum atomic E-state index is 11.7. The predicted octanol–water partition coefficient (Wildman–Crippen LogP) is 0.447. The number of hydrogen-bond donors (Lipinski definition) is 3. The fourth-order valence-corrected chi connectivity index (χ4v) is 3.56. The lowest BCUT2D eigenvalue weighted by Crippen LogP contribution is -2.48. The van der Waals surface area contributed by atoms with E-state index in [0.717, 1.165) is 37.8 Å². The largest absolute Gasteiger partial charge is 0.352 e. The second kappa shape index (κ2) is 7.31. The number of guanidine groups is 1. The predicted molar refractivity (Wildman–Crippen MR) is 87.9 cm³/mol. The third-order valence-corrected chi connectivity index (χ3v) is 4.98. The zero-order chi connectivity index (χ0) is 15.4. The van der Waals surface area contributed by atoms with Gasteiger partial charge in [-0.3, -0.25) is 14.7 Å². The molecule has 1 atom stereocenters. The second-order valence-corrected chi connectivity index (χ2v) is 6.83. The van der Waals surface area contributed by atoms with Gasteiger partial charge in [-0.1, -0.05) is 12.8 Å². The number of hydrogen-bond acceptors (Lipinski definition) is 3. The molecule has 22 heavy (non-hydrogen) atoms. The van der Waals surface area contributed by atoms with E-state index in [1.807, 2.05) is 0 Å². The first-order valence-electron chi connectivity index (χ1n) is 8.75. The van der Waals surface area contributed by atoms with E-state index in [2.05, 4.69) is 25.8 Å². The molecule has 1 unspecified atom stereocenters. The van der Waals surface area contributed by atoms with E-state index < -0.39 is 0 Å². The molecule has 3 fully saturated rings. The number of nitrogens with one attached hydrogen (secondary N) is 3. The van der Waals surface area contributed by atoms with Crippen LogP contribution >= 0.6 is 0 Å². The maximum Gasteiger partial charge on any atom is 0.239 e. The van der Waals surface area contributed by atoms with Gasteiger partial charge < -0.3 is 16.0 Å². The maximum absolute atomic E-state index is 11.7. The Hall–Kier alpha value is -1.30. The summed E-state index contributed by atoms with van der Waals surface area (Å²) in [4.78, 5) is 18.6. The van der Waals surface area contributed by atoms with Crippen LogP contribution in [0.15, 0.2) is 4.99 Å². The molecule has 0 radical (unpaired) electrons. The van der Waals surface area contributed by atoms with Gasteiger partial charge in [-0.15, -0.1) is 0 Å². The highest BCUT2D eigenvalue weighted by molar-refractivity contribution is 5.86. The lowest BCUT2D eigenvalue weighted by molar-refractivity contribution is -0.120. The Morgan fingerprint density at radius 2 is 1.86 bits per heavy atom. The van der Waals surface area contributed by atoms with Gasteiger partial charge in [0.25, 0.3) is 0 Å². The highest BCUT2D eigenvalue weighted by Gasteiger charge is 2.30. The van der Waals surface area contributed by atoms with Crippen molar-refractivity contribution in [2.45, 2.75) is 63.1 Å². The Balaban J connectivity index is 1.37. The van der Waals surface area contributed by atoms with Crippen molar-refractivity contribution < 1.29 is 4.79 Å². The summed E-state index contributed by atoms with van der Waals surface area (Å²) in [6.45, 7) is 2.58. The number of aliphatic imine (C=N–C) groups is 1. The molecule has 1 saturated heterocycles. The van der Waals surface area contributed by atoms with Gasteiger partial charge >= 0.3 is 0 Å². The molecule has 1 aliphatic heterocycles. The molecule has 6 nitrogen and oxygen atoms in total. The molecular weight excluding hydrogens is 278 g/mol. The van der Waals surface area contributed by atoms with Gasteiger partial charge in [-0.05, 0) is 32.1 Å². The van der Waals surface area contributed by atoms with Crippen molar-refractivity contribution in [1.82, 2.24) is 20.9 Å². The molecule has 2 saturated carbocycles. The molecule has 6 heteroatoms. The van der Waals surface area contributed by atoms with Gasteiger partial charge in [0.15, 0.2) is 5.96 Å². The Bertz CT molecular complexity index is 415. The lowest BCUT2D eigenvalue weighted by Gasteiger charge is -2.24.